The van der Waals surface area contributed by atoms with Crippen molar-refractivity contribution in [3.05, 3.63) is 80.8 Å². The highest BCUT2D eigenvalue weighted by molar-refractivity contribution is 7.10. The molecule has 0 aliphatic carbocycles. The van der Waals surface area contributed by atoms with Gasteiger partial charge >= 0.3 is 0 Å². The standard InChI is InChI=1S/C20H20N2S2/c1-2-8-20-19(7-1)16(13-21-20)9-10-22(14-17-5-3-11-23-17)15-18-6-4-12-24-18/h1-8,11-13,21H,9-10,14-15H2. The summed E-state index contributed by atoms with van der Waals surface area (Å²) in [5.74, 6) is 0. The zero-order valence-electron chi connectivity index (χ0n) is 13.4. The van der Waals surface area contributed by atoms with Crippen molar-refractivity contribution in [2.75, 3.05) is 6.54 Å². The normalized spacial score (nSPS) is 11.5. The number of hydrogen-bond donors (Lipinski definition) is 1. The minimum atomic E-state index is 1.03. The maximum absolute atomic E-state index is 3.39. The fourth-order valence-corrected chi connectivity index (χ4v) is 4.57. The van der Waals surface area contributed by atoms with Gasteiger partial charge in [-0.25, -0.2) is 0 Å². The van der Waals surface area contributed by atoms with E-state index in [1.807, 2.05) is 22.7 Å². The fraction of sp³-hybridized carbons (Fsp3) is 0.200. The summed E-state index contributed by atoms with van der Waals surface area (Å²) in [6.45, 7) is 3.12. The highest BCUT2D eigenvalue weighted by Crippen LogP contribution is 2.21. The minimum Gasteiger partial charge on any atom is -0.361 e. The quantitative estimate of drug-likeness (QED) is 0.463. The smallest absolute Gasteiger partial charge is 0.0456 e. The molecule has 0 bridgehead atoms. The molecule has 0 atom stereocenters. The Morgan fingerprint density at radius 3 is 2.21 bits per heavy atom. The molecule has 4 aromatic rings. The number of fused-ring (bicyclic) bond motifs is 1. The van der Waals surface area contributed by atoms with Crippen LogP contribution < -0.4 is 0 Å². The average molecular weight is 353 g/mol. The molecule has 0 amide bonds. The van der Waals surface area contributed by atoms with E-state index in [1.165, 1.54) is 26.2 Å². The first kappa shape index (κ1) is 15.6. The van der Waals surface area contributed by atoms with Crippen molar-refractivity contribution in [1.29, 1.82) is 0 Å². The van der Waals surface area contributed by atoms with E-state index >= 15 is 0 Å². The van der Waals surface area contributed by atoms with Gasteiger partial charge in [-0.15, -0.1) is 22.7 Å². The van der Waals surface area contributed by atoms with Crippen molar-refractivity contribution in [3.63, 3.8) is 0 Å². The molecule has 0 saturated heterocycles. The van der Waals surface area contributed by atoms with E-state index in [0.29, 0.717) is 0 Å². The molecule has 0 aliphatic rings. The van der Waals surface area contributed by atoms with Crippen LogP contribution >= 0.6 is 22.7 Å². The number of nitrogens with one attached hydrogen (secondary N) is 1. The number of aromatic nitrogens is 1. The molecule has 0 unspecified atom stereocenters. The second-order valence-electron chi connectivity index (χ2n) is 5.98. The molecule has 1 N–H and O–H groups in total. The Hall–Kier alpha value is -1.88. The molecule has 0 spiro atoms. The van der Waals surface area contributed by atoms with E-state index in [1.54, 1.807) is 0 Å². The second kappa shape index (κ2) is 7.34. The van der Waals surface area contributed by atoms with Crippen LogP contribution in [-0.2, 0) is 19.5 Å². The Morgan fingerprint density at radius 1 is 0.833 bits per heavy atom. The van der Waals surface area contributed by atoms with Crippen LogP contribution in [0.4, 0.5) is 0 Å². The Kier molecular flexibility index (Phi) is 4.78. The van der Waals surface area contributed by atoms with Gasteiger partial charge in [-0.3, -0.25) is 4.90 Å². The van der Waals surface area contributed by atoms with Crippen molar-refractivity contribution in [3.8, 4) is 0 Å². The molecule has 0 fully saturated rings. The van der Waals surface area contributed by atoms with Gasteiger partial charge in [0.25, 0.3) is 0 Å². The van der Waals surface area contributed by atoms with Gasteiger partial charge in [0.2, 0.25) is 0 Å². The van der Waals surface area contributed by atoms with Gasteiger partial charge in [0.15, 0.2) is 0 Å². The number of nitrogens with zero attached hydrogens (tertiary/aromatic N) is 1. The third-order valence-corrected chi connectivity index (χ3v) is 6.01. The Bertz CT molecular complexity index is 839. The topological polar surface area (TPSA) is 19.0 Å². The molecule has 4 rings (SSSR count). The number of thiophene rings is 2. The van der Waals surface area contributed by atoms with Gasteiger partial charge in [-0.05, 0) is 40.9 Å². The van der Waals surface area contributed by atoms with Gasteiger partial charge < -0.3 is 4.98 Å². The maximum atomic E-state index is 3.39. The molecule has 24 heavy (non-hydrogen) atoms. The molecule has 3 heterocycles. The highest BCUT2D eigenvalue weighted by Gasteiger charge is 2.11. The summed E-state index contributed by atoms with van der Waals surface area (Å²) in [5.41, 5.74) is 2.64. The zero-order chi connectivity index (χ0) is 16.2. The molecule has 0 saturated carbocycles. The summed E-state index contributed by atoms with van der Waals surface area (Å²) in [6, 6.07) is 17.3. The molecule has 2 nitrogen and oxygen atoms in total. The van der Waals surface area contributed by atoms with Crippen LogP contribution in [0.3, 0.4) is 0 Å². The molecule has 0 aliphatic heterocycles. The Labute approximate surface area is 150 Å². The predicted octanol–water partition coefficient (Wildman–Crippen LogP) is 5.54. The molecular weight excluding hydrogens is 332 g/mol. The fourth-order valence-electron chi connectivity index (χ4n) is 3.08. The third kappa shape index (κ3) is 3.61. The summed E-state index contributed by atoms with van der Waals surface area (Å²) >= 11 is 3.69. The maximum Gasteiger partial charge on any atom is 0.0456 e. The van der Waals surface area contributed by atoms with Crippen LogP contribution in [0.5, 0.6) is 0 Å². The van der Waals surface area contributed by atoms with Gasteiger partial charge in [-0.1, -0.05) is 30.3 Å². The minimum absolute atomic E-state index is 1.03. The van der Waals surface area contributed by atoms with Gasteiger partial charge in [-0.2, -0.15) is 0 Å². The number of benzene rings is 1. The lowest BCUT2D eigenvalue weighted by molar-refractivity contribution is 0.265. The molecular formula is C20H20N2S2. The third-order valence-electron chi connectivity index (χ3n) is 4.29. The molecule has 0 radical (unpaired) electrons. The Morgan fingerprint density at radius 2 is 1.54 bits per heavy atom. The van der Waals surface area contributed by atoms with Crippen LogP contribution in [0, 0.1) is 0 Å². The summed E-state index contributed by atoms with van der Waals surface area (Å²) < 4.78 is 0. The largest absolute Gasteiger partial charge is 0.361 e. The lowest BCUT2D eigenvalue weighted by atomic mass is 10.1. The van der Waals surface area contributed by atoms with Gasteiger partial charge in [0.05, 0.1) is 0 Å². The molecule has 1 aromatic carbocycles. The second-order valence-corrected chi connectivity index (χ2v) is 8.04. The zero-order valence-corrected chi connectivity index (χ0v) is 15.1. The first-order valence-electron chi connectivity index (χ1n) is 8.20. The van der Waals surface area contributed by atoms with Crippen LogP contribution in [0.2, 0.25) is 0 Å². The van der Waals surface area contributed by atoms with Crippen molar-refractivity contribution in [2.24, 2.45) is 0 Å². The average Bonchev–Trinajstić information content (AvgIpc) is 3.35. The SMILES string of the molecule is c1csc(CN(CCc2c[nH]c3ccccc23)Cc2cccs2)c1. The number of aromatic amines is 1. The van der Waals surface area contributed by atoms with E-state index in [2.05, 4.69) is 75.4 Å². The van der Waals surface area contributed by atoms with E-state index in [9.17, 15) is 0 Å². The van der Waals surface area contributed by atoms with Crippen molar-refractivity contribution >= 4 is 33.6 Å². The predicted molar refractivity (Wildman–Crippen MR) is 105 cm³/mol. The lowest BCUT2D eigenvalue weighted by Gasteiger charge is -2.21. The van der Waals surface area contributed by atoms with Gasteiger partial charge in [0, 0.05) is 46.5 Å². The molecule has 122 valence electrons. The van der Waals surface area contributed by atoms with Crippen LogP contribution in [0.15, 0.2) is 65.5 Å². The van der Waals surface area contributed by atoms with Crippen molar-refractivity contribution in [2.45, 2.75) is 19.5 Å². The van der Waals surface area contributed by atoms with E-state index in [4.69, 9.17) is 0 Å². The van der Waals surface area contributed by atoms with Crippen LogP contribution in [0.25, 0.3) is 10.9 Å². The number of H-pyrrole nitrogens is 1. The summed E-state index contributed by atoms with van der Waals surface area (Å²) in [6.07, 6.45) is 3.24. The van der Waals surface area contributed by atoms with Crippen LogP contribution in [0.1, 0.15) is 15.3 Å². The summed E-state index contributed by atoms with van der Waals surface area (Å²) in [5, 5.41) is 5.68. The van der Waals surface area contributed by atoms with E-state index < -0.39 is 0 Å². The Balaban J connectivity index is 1.48. The van der Waals surface area contributed by atoms with Gasteiger partial charge in [0.1, 0.15) is 0 Å². The summed E-state index contributed by atoms with van der Waals surface area (Å²) in [7, 11) is 0. The number of rotatable bonds is 7. The van der Waals surface area contributed by atoms with E-state index in [0.717, 1.165) is 26.1 Å². The summed E-state index contributed by atoms with van der Waals surface area (Å²) in [4.78, 5) is 8.81. The van der Waals surface area contributed by atoms with Crippen LogP contribution in [-0.4, -0.2) is 16.4 Å². The lowest BCUT2D eigenvalue weighted by Crippen LogP contribution is -2.24. The van der Waals surface area contributed by atoms with Crippen molar-refractivity contribution in [1.82, 2.24) is 9.88 Å². The first-order chi connectivity index (χ1) is 11.9. The van der Waals surface area contributed by atoms with Crippen molar-refractivity contribution < 1.29 is 0 Å². The number of hydrogen-bond acceptors (Lipinski definition) is 3. The first-order valence-corrected chi connectivity index (χ1v) is 9.96. The highest BCUT2D eigenvalue weighted by atomic mass is 32.1. The monoisotopic (exact) mass is 352 g/mol. The van der Waals surface area contributed by atoms with E-state index in [-0.39, 0.29) is 0 Å². The molecule has 3 aromatic heterocycles. The molecule has 4 heteroatoms. The number of para-hydroxylation sites is 1.